The van der Waals surface area contributed by atoms with Crippen LogP contribution < -0.4 is 20.9 Å². The summed E-state index contributed by atoms with van der Waals surface area (Å²) in [7, 11) is 1.50. The van der Waals surface area contributed by atoms with Gasteiger partial charge in [-0.05, 0) is 13.0 Å². The van der Waals surface area contributed by atoms with Crippen LogP contribution >= 0.6 is 11.6 Å². The number of methoxy groups -OCH3 is 1. The highest BCUT2D eigenvalue weighted by molar-refractivity contribution is 6.33. The van der Waals surface area contributed by atoms with Gasteiger partial charge in [0.15, 0.2) is 11.5 Å². The molecule has 0 saturated carbocycles. The highest BCUT2D eigenvalue weighted by Crippen LogP contribution is 2.39. The van der Waals surface area contributed by atoms with E-state index in [2.05, 4.69) is 9.97 Å². The Kier molecular flexibility index (Phi) is 4.53. The van der Waals surface area contributed by atoms with E-state index in [1.54, 1.807) is 12.1 Å². The number of ether oxygens (including phenoxy) is 2. The minimum atomic E-state index is -0.0459. The first kappa shape index (κ1) is 15.7. The van der Waals surface area contributed by atoms with Crippen LogP contribution in [0.25, 0.3) is 11.3 Å². The van der Waals surface area contributed by atoms with E-state index in [1.807, 2.05) is 13.0 Å². The number of rotatable bonds is 4. The second-order valence-corrected chi connectivity index (χ2v) is 4.63. The van der Waals surface area contributed by atoms with Crippen LogP contribution in [0.3, 0.4) is 0 Å². The van der Waals surface area contributed by atoms with Crippen LogP contribution in [0.1, 0.15) is 12.5 Å². The van der Waals surface area contributed by atoms with E-state index in [0.717, 1.165) is 0 Å². The molecule has 0 aliphatic rings. The lowest BCUT2D eigenvalue weighted by molar-refractivity contribution is 0.311. The monoisotopic (exact) mass is 319 g/mol. The number of benzene rings is 1. The van der Waals surface area contributed by atoms with Crippen molar-refractivity contribution in [3.05, 3.63) is 22.7 Å². The van der Waals surface area contributed by atoms with Crippen molar-refractivity contribution in [2.75, 3.05) is 25.2 Å². The molecular weight excluding hydrogens is 306 g/mol. The number of nitriles is 1. The topological polar surface area (TPSA) is 120 Å². The Morgan fingerprint density at radius 1 is 1.27 bits per heavy atom. The Morgan fingerprint density at radius 2 is 2.00 bits per heavy atom. The van der Waals surface area contributed by atoms with E-state index >= 15 is 0 Å². The molecule has 0 atom stereocenters. The fraction of sp³-hybridized carbons (Fsp3) is 0.214. The highest BCUT2D eigenvalue weighted by Gasteiger charge is 2.19. The van der Waals surface area contributed by atoms with Crippen LogP contribution in [0.15, 0.2) is 12.1 Å². The van der Waals surface area contributed by atoms with Gasteiger partial charge in [-0.1, -0.05) is 11.6 Å². The number of anilines is 2. The van der Waals surface area contributed by atoms with E-state index in [4.69, 9.17) is 32.5 Å². The van der Waals surface area contributed by atoms with Crippen molar-refractivity contribution in [2.45, 2.75) is 6.92 Å². The number of nitrogens with two attached hydrogens (primary N) is 2. The van der Waals surface area contributed by atoms with Crippen LogP contribution in [0, 0.1) is 11.3 Å². The van der Waals surface area contributed by atoms with Crippen molar-refractivity contribution < 1.29 is 9.47 Å². The average molecular weight is 320 g/mol. The lowest BCUT2D eigenvalue weighted by Crippen LogP contribution is -2.05. The standard InChI is InChI=1S/C14H14ClN5O2/c1-3-22-11-5-9(15)7(4-10(11)21-2)12-8(6-16)13(17)20-14(18)19-12/h4-5H,3H2,1-2H3,(H4,17,18,19,20). The Hall–Kier alpha value is -2.72. The lowest BCUT2D eigenvalue weighted by Gasteiger charge is -2.14. The highest BCUT2D eigenvalue weighted by atomic mass is 35.5. The molecule has 4 N–H and O–H groups in total. The SMILES string of the molecule is CCOc1cc(Cl)c(-c2nc(N)nc(N)c2C#N)cc1OC. The summed E-state index contributed by atoms with van der Waals surface area (Å²) in [6.07, 6.45) is 0. The number of nitrogen functional groups attached to an aromatic ring is 2. The zero-order chi connectivity index (χ0) is 16.3. The Morgan fingerprint density at radius 3 is 2.59 bits per heavy atom. The second-order valence-electron chi connectivity index (χ2n) is 4.22. The van der Waals surface area contributed by atoms with Crippen molar-refractivity contribution in [3.63, 3.8) is 0 Å². The lowest BCUT2D eigenvalue weighted by atomic mass is 10.1. The Balaban J connectivity index is 2.71. The van der Waals surface area contributed by atoms with E-state index in [0.29, 0.717) is 28.7 Å². The molecule has 1 heterocycles. The number of aromatic nitrogens is 2. The second kappa shape index (κ2) is 6.37. The van der Waals surface area contributed by atoms with E-state index in [1.165, 1.54) is 7.11 Å². The summed E-state index contributed by atoms with van der Waals surface area (Å²) in [6.45, 7) is 2.31. The van der Waals surface area contributed by atoms with Gasteiger partial charge < -0.3 is 20.9 Å². The minimum absolute atomic E-state index is 0.00563. The maximum Gasteiger partial charge on any atom is 0.222 e. The molecule has 1 aromatic heterocycles. The van der Waals surface area contributed by atoms with Gasteiger partial charge in [-0.2, -0.15) is 10.2 Å². The molecule has 0 amide bonds. The molecule has 0 aliphatic heterocycles. The fourth-order valence-electron chi connectivity index (χ4n) is 1.95. The predicted molar refractivity (Wildman–Crippen MR) is 83.7 cm³/mol. The molecule has 0 radical (unpaired) electrons. The molecule has 2 rings (SSSR count). The van der Waals surface area contributed by atoms with Crippen molar-refractivity contribution in [2.24, 2.45) is 0 Å². The van der Waals surface area contributed by atoms with Crippen LogP contribution in [-0.2, 0) is 0 Å². The largest absolute Gasteiger partial charge is 0.493 e. The Labute approximate surface area is 132 Å². The van der Waals surface area contributed by atoms with Crippen molar-refractivity contribution in [1.82, 2.24) is 9.97 Å². The zero-order valence-corrected chi connectivity index (χ0v) is 12.8. The summed E-state index contributed by atoms with van der Waals surface area (Å²) in [4.78, 5) is 7.84. The van der Waals surface area contributed by atoms with Crippen LogP contribution in [0.5, 0.6) is 11.5 Å². The van der Waals surface area contributed by atoms with Crippen LogP contribution in [-0.4, -0.2) is 23.7 Å². The third-order valence-corrected chi connectivity index (χ3v) is 3.19. The molecule has 2 aromatic rings. The van der Waals surface area contributed by atoms with Crippen molar-refractivity contribution in [3.8, 4) is 28.8 Å². The molecule has 114 valence electrons. The minimum Gasteiger partial charge on any atom is -0.493 e. The molecule has 0 spiro atoms. The smallest absolute Gasteiger partial charge is 0.222 e. The van der Waals surface area contributed by atoms with Gasteiger partial charge in [0.05, 0.1) is 24.4 Å². The third-order valence-electron chi connectivity index (χ3n) is 2.87. The van der Waals surface area contributed by atoms with Crippen molar-refractivity contribution in [1.29, 1.82) is 5.26 Å². The van der Waals surface area contributed by atoms with Crippen LogP contribution in [0.4, 0.5) is 11.8 Å². The number of halogens is 1. The van der Waals surface area contributed by atoms with E-state index in [-0.39, 0.29) is 23.0 Å². The van der Waals surface area contributed by atoms with Gasteiger partial charge in [0.25, 0.3) is 0 Å². The number of hydrogen-bond acceptors (Lipinski definition) is 7. The molecule has 8 heteroatoms. The molecule has 1 aromatic carbocycles. The van der Waals surface area contributed by atoms with Gasteiger partial charge in [0.1, 0.15) is 17.5 Å². The number of nitrogens with zero attached hydrogens (tertiary/aromatic N) is 3. The maximum absolute atomic E-state index is 9.26. The van der Waals surface area contributed by atoms with Gasteiger partial charge in [-0.25, -0.2) is 4.98 Å². The fourth-order valence-corrected chi connectivity index (χ4v) is 2.19. The molecule has 0 saturated heterocycles. The maximum atomic E-state index is 9.26. The summed E-state index contributed by atoms with van der Waals surface area (Å²) in [5, 5.41) is 9.59. The van der Waals surface area contributed by atoms with Gasteiger partial charge in [0.2, 0.25) is 5.95 Å². The summed E-state index contributed by atoms with van der Waals surface area (Å²) in [5.74, 6) is 0.900. The normalized spacial score (nSPS) is 10.1. The van der Waals surface area contributed by atoms with Crippen molar-refractivity contribution >= 4 is 23.4 Å². The summed E-state index contributed by atoms with van der Waals surface area (Å²) < 4.78 is 10.7. The molecular formula is C14H14ClN5O2. The first-order valence-corrected chi connectivity index (χ1v) is 6.73. The summed E-state index contributed by atoms with van der Waals surface area (Å²) in [5.41, 5.74) is 12.1. The number of hydrogen-bond donors (Lipinski definition) is 2. The first-order valence-electron chi connectivity index (χ1n) is 6.35. The molecule has 22 heavy (non-hydrogen) atoms. The molecule has 0 unspecified atom stereocenters. The average Bonchev–Trinajstić information content (AvgIpc) is 2.47. The summed E-state index contributed by atoms with van der Waals surface area (Å²) >= 11 is 6.28. The zero-order valence-electron chi connectivity index (χ0n) is 12.1. The third kappa shape index (κ3) is 2.82. The quantitative estimate of drug-likeness (QED) is 0.886. The van der Waals surface area contributed by atoms with Gasteiger partial charge in [-0.3, -0.25) is 0 Å². The molecule has 0 bridgehead atoms. The van der Waals surface area contributed by atoms with Gasteiger partial charge in [-0.15, -0.1) is 0 Å². The first-order chi connectivity index (χ1) is 10.5. The Bertz CT molecular complexity index is 758. The van der Waals surface area contributed by atoms with Crippen LogP contribution in [0.2, 0.25) is 5.02 Å². The predicted octanol–water partition coefficient (Wildman–Crippen LogP) is 2.24. The summed E-state index contributed by atoms with van der Waals surface area (Å²) in [6, 6.07) is 5.17. The molecule has 0 fully saturated rings. The van der Waals surface area contributed by atoms with Gasteiger partial charge in [0, 0.05) is 11.6 Å². The molecule has 0 aliphatic carbocycles. The van der Waals surface area contributed by atoms with Gasteiger partial charge >= 0.3 is 0 Å². The van der Waals surface area contributed by atoms with E-state index in [9.17, 15) is 5.26 Å². The van der Waals surface area contributed by atoms with E-state index < -0.39 is 0 Å². The molecule has 7 nitrogen and oxygen atoms in total.